The maximum atomic E-state index is 12.3. The van der Waals surface area contributed by atoms with E-state index in [9.17, 15) is 8.42 Å². The van der Waals surface area contributed by atoms with Crippen molar-refractivity contribution in [1.29, 1.82) is 0 Å². The molecule has 178 valence electrons. The Morgan fingerprint density at radius 2 is 1.85 bits per heavy atom. The smallest absolute Gasteiger partial charge is 0.214 e. The second-order valence-corrected chi connectivity index (χ2v) is 10.9. The van der Waals surface area contributed by atoms with Crippen LogP contribution in [0, 0.1) is 13.8 Å². The number of nitrogens with zero attached hydrogens (tertiary/aromatic N) is 4. The van der Waals surface area contributed by atoms with Crippen molar-refractivity contribution in [2.45, 2.75) is 45.4 Å². The van der Waals surface area contributed by atoms with Gasteiger partial charge in [0.1, 0.15) is 0 Å². The number of aromatic nitrogens is 3. The van der Waals surface area contributed by atoms with Crippen molar-refractivity contribution in [3.63, 3.8) is 0 Å². The molecule has 1 atom stereocenters. The molecule has 0 unspecified atom stereocenters. The van der Waals surface area contributed by atoms with Gasteiger partial charge in [-0.2, -0.15) is 5.10 Å². The number of methoxy groups -OCH3 is 2. The van der Waals surface area contributed by atoms with Gasteiger partial charge in [-0.05, 0) is 58.4 Å². The zero-order valence-corrected chi connectivity index (χ0v) is 20.7. The highest BCUT2D eigenvalue weighted by molar-refractivity contribution is 7.90. The maximum absolute atomic E-state index is 12.3. The van der Waals surface area contributed by atoms with E-state index in [4.69, 9.17) is 19.6 Å². The standard InChI is InChI=1S/C23H31N5O4S/c1-14(2)33(29,30)26-18-9-10-27(13-18)19-11-15(3)25-28-22(16(4)24-23(19)28)17-7-8-20(31-5)21(12-17)32-6/h7-8,11-12,14,18,26H,9-10,13H2,1-6H3/t18-/m1/s1. The van der Waals surface area contributed by atoms with E-state index >= 15 is 0 Å². The van der Waals surface area contributed by atoms with Gasteiger partial charge < -0.3 is 14.4 Å². The molecule has 1 aliphatic heterocycles. The minimum atomic E-state index is -3.32. The number of rotatable bonds is 7. The minimum Gasteiger partial charge on any atom is -0.493 e. The molecule has 1 saturated heterocycles. The molecule has 10 heteroatoms. The number of ether oxygens (including phenoxy) is 2. The third-order valence-corrected chi connectivity index (χ3v) is 7.90. The molecule has 2 aromatic heterocycles. The molecule has 0 spiro atoms. The summed E-state index contributed by atoms with van der Waals surface area (Å²) in [4.78, 5) is 7.03. The first-order valence-electron chi connectivity index (χ1n) is 11.0. The summed E-state index contributed by atoms with van der Waals surface area (Å²) in [6, 6.07) is 7.64. The fraction of sp³-hybridized carbons (Fsp3) is 0.478. The zero-order valence-electron chi connectivity index (χ0n) is 19.9. The van der Waals surface area contributed by atoms with Gasteiger partial charge in [0, 0.05) is 24.7 Å². The monoisotopic (exact) mass is 473 g/mol. The van der Waals surface area contributed by atoms with Gasteiger partial charge in [-0.3, -0.25) is 0 Å². The van der Waals surface area contributed by atoms with Gasteiger partial charge in [0.25, 0.3) is 0 Å². The van der Waals surface area contributed by atoms with Crippen LogP contribution in [0.2, 0.25) is 0 Å². The normalized spacial score (nSPS) is 16.7. The lowest BCUT2D eigenvalue weighted by atomic mass is 10.1. The predicted molar refractivity (Wildman–Crippen MR) is 129 cm³/mol. The van der Waals surface area contributed by atoms with Crippen LogP contribution in [0.15, 0.2) is 24.3 Å². The Bertz CT molecular complexity index is 1290. The first-order valence-corrected chi connectivity index (χ1v) is 12.5. The number of sulfonamides is 1. The first-order chi connectivity index (χ1) is 15.6. The van der Waals surface area contributed by atoms with Crippen LogP contribution in [-0.4, -0.2) is 61.6 Å². The van der Waals surface area contributed by atoms with Gasteiger partial charge in [-0.25, -0.2) is 22.6 Å². The third-order valence-electron chi connectivity index (χ3n) is 6.00. The van der Waals surface area contributed by atoms with Crippen molar-refractivity contribution in [1.82, 2.24) is 19.3 Å². The van der Waals surface area contributed by atoms with Crippen LogP contribution in [0.1, 0.15) is 31.7 Å². The molecule has 1 N–H and O–H groups in total. The van der Waals surface area contributed by atoms with Crippen LogP contribution in [0.3, 0.4) is 0 Å². The lowest BCUT2D eigenvalue weighted by Gasteiger charge is -2.20. The Labute approximate surface area is 194 Å². The number of aryl methyl sites for hydroxylation is 2. The predicted octanol–water partition coefficient (Wildman–Crippen LogP) is 2.94. The highest BCUT2D eigenvalue weighted by atomic mass is 32.2. The van der Waals surface area contributed by atoms with E-state index in [0.29, 0.717) is 18.0 Å². The van der Waals surface area contributed by atoms with E-state index in [1.165, 1.54) is 0 Å². The minimum absolute atomic E-state index is 0.132. The van der Waals surface area contributed by atoms with Crippen molar-refractivity contribution < 1.29 is 17.9 Å². The van der Waals surface area contributed by atoms with Crippen molar-refractivity contribution in [2.75, 3.05) is 32.2 Å². The van der Waals surface area contributed by atoms with Gasteiger partial charge in [0.15, 0.2) is 17.1 Å². The van der Waals surface area contributed by atoms with Gasteiger partial charge in [-0.15, -0.1) is 0 Å². The Hall–Kier alpha value is -2.85. The van der Waals surface area contributed by atoms with E-state index in [-0.39, 0.29) is 6.04 Å². The van der Waals surface area contributed by atoms with Gasteiger partial charge in [-0.1, -0.05) is 0 Å². The lowest BCUT2D eigenvalue weighted by molar-refractivity contribution is 0.355. The van der Waals surface area contributed by atoms with E-state index < -0.39 is 15.3 Å². The van der Waals surface area contributed by atoms with Crippen molar-refractivity contribution in [3.05, 3.63) is 35.7 Å². The van der Waals surface area contributed by atoms with Crippen LogP contribution >= 0.6 is 0 Å². The number of hydrogen-bond acceptors (Lipinski definition) is 7. The van der Waals surface area contributed by atoms with Crippen LogP contribution in [0.25, 0.3) is 16.9 Å². The fourth-order valence-electron chi connectivity index (χ4n) is 4.22. The molecule has 0 aliphatic carbocycles. The molecule has 3 aromatic rings. The number of anilines is 1. The molecule has 3 heterocycles. The van der Waals surface area contributed by atoms with Crippen molar-refractivity contribution >= 4 is 21.4 Å². The van der Waals surface area contributed by atoms with Crippen LogP contribution in [-0.2, 0) is 10.0 Å². The second kappa shape index (κ2) is 8.83. The summed E-state index contributed by atoms with van der Waals surface area (Å²) in [5.41, 5.74) is 5.19. The number of hydrogen-bond donors (Lipinski definition) is 1. The van der Waals surface area contributed by atoms with Crippen LogP contribution in [0.5, 0.6) is 11.5 Å². The average molecular weight is 474 g/mol. The molecule has 0 amide bonds. The number of fused-ring (bicyclic) bond motifs is 1. The van der Waals surface area contributed by atoms with Gasteiger partial charge in [0.2, 0.25) is 10.0 Å². The SMILES string of the molecule is COc1ccc(-c2c(C)nc3c(N4CC[C@@H](NS(=O)(=O)C(C)C)C4)cc(C)nn23)cc1OC. The molecule has 33 heavy (non-hydrogen) atoms. The Balaban J connectivity index is 1.73. The Morgan fingerprint density at radius 3 is 2.52 bits per heavy atom. The summed E-state index contributed by atoms with van der Waals surface area (Å²) < 4.78 is 40.2. The van der Waals surface area contributed by atoms with Crippen molar-refractivity contribution in [3.8, 4) is 22.8 Å². The molecule has 1 aromatic carbocycles. The van der Waals surface area contributed by atoms with E-state index in [1.54, 1.807) is 28.1 Å². The summed E-state index contributed by atoms with van der Waals surface area (Å²) in [7, 11) is -0.0991. The highest BCUT2D eigenvalue weighted by Gasteiger charge is 2.30. The highest BCUT2D eigenvalue weighted by Crippen LogP contribution is 2.35. The molecule has 0 bridgehead atoms. The van der Waals surface area contributed by atoms with Gasteiger partial charge >= 0.3 is 0 Å². The largest absolute Gasteiger partial charge is 0.493 e. The molecule has 0 radical (unpaired) electrons. The summed E-state index contributed by atoms with van der Waals surface area (Å²) in [6.07, 6.45) is 0.738. The summed E-state index contributed by atoms with van der Waals surface area (Å²) in [5, 5.41) is 4.29. The van der Waals surface area contributed by atoms with Crippen LogP contribution < -0.4 is 19.1 Å². The van der Waals surface area contributed by atoms with Crippen LogP contribution in [0.4, 0.5) is 5.69 Å². The number of nitrogens with one attached hydrogen (secondary N) is 1. The quantitative estimate of drug-likeness (QED) is 0.563. The Morgan fingerprint density at radius 1 is 1.12 bits per heavy atom. The van der Waals surface area contributed by atoms with E-state index in [0.717, 1.165) is 46.9 Å². The number of imidazole rings is 1. The fourth-order valence-corrected chi connectivity index (χ4v) is 5.15. The molecular weight excluding hydrogens is 442 g/mol. The molecule has 9 nitrogen and oxygen atoms in total. The van der Waals surface area contributed by atoms with E-state index in [2.05, 4.69) is 9.62 Å². The summed E-state index contributed by atoms with van der Waals surface area (Å²) in [6.45, 7) is 8.61. The second-order valence-electron chi connectivity index (χ2n) is 8.67. The molecule has 4 rings (SSSR count). The third kappa shape index (κ3) is 4.37. The summed E-state index contributed by atoms with van der Waals surface area (Å²) in [5.74, 6) is 1.29. The molecular formula is C23H31N5O4S. The Kier molecular flexibility index (Phi) is 6.24. The molecule has 0 saturated carbocycles. The van der Waals surface area contributed by atoms with Crippen molar-refractivity contribution in [2.24, 2.45) is 0 Å². The first kappa shape index (κ1) is 23.3. The topological polar surface area (TPSA) is 98.1 Å². The van der Waals surface area contributed by atoms with E-state index in [1.807, 2.05) is 42.6 Å². The zero-order chi connectivity index (χ0) is 23.9. The van der Waals surface area contributed by atoms with Gasteiger partial charge in [0.05, 0.1) is 42.2 Å². The molecule has 1 aliphatic rings. The summed E-state index contributed by atoms with van der Waals surface area (Å²) >= 11 is 0. The molecule has 1 fully saturated rings. The number of benzene rings is 1. The maximum Gasteiger partial charge on any atom is 0.214 e. The average Bonchev–Trinajstić information content (AvgIpc) is 3.35. The lowest BCUT2D eigenvalue weighted by Crippen LogP contribution is -2.40.